The van der Waals surface area contributed by atoms with E-state index in [1.807, 2.05) is 6.07 Å². The zero-order chi connectivity index (χ0) is 19.9. The van der Waals surface area contributed by atoms with Gasteiger partial charge in [0, 0.05) is 29.1 Å². The number of pyridine rings is 1. The maximum atomic E-state index is 14.2. The number of nitrogens with two attached hydrogens (primary N) is 1. The van der Waals surface area contributed by atoms with Crippen molar-refractivity contribution in [2.45, 2.75) is 24.5 Å². The smallest absolute Gasteiger partial charge is 0.283 e. The minimum absolute atomic E-state index is 0.0456. The summed E-state index contributed by atoms with van der Waals surface area (Å²) in [7, 11) is 0. The largest absolute Gasteiger partial charge is 0.462 e. The molecule has 6 nitrogen and oxygen atoms in total. The van der Waals surface area contributed by atoms with Gasteiger partial charge in [0.25, 0.3) is 6.02 Å². The lowest BCUT2D eigenvalue weighted by atomic mass is 9.84. The number of hydrogen-bond donors (Lipinski definition) is 1. The van der Waals surface area contributed by atoms with E-state index in [1.54, 1.807) is 24.3 Å². The predicted molar refractivity (Wildman–Crippen MR) is 101 cm³/mol. The minimum atomic E-state index is -1.18. The standard InChI is InChI=1S/C20H16ClFN4O2/c21-15-3-1-11(6-17(27)16-4-2-12(8-23)9-25-16)5-13(15)20(10-22)14-7-18(14)28-19(24)26-20/h1-5,9,14,18H,6-7,10H2,(H2,24,26)/t14-,18+,20+/m1/s1. The molecule has 142 valence electrons. The van der Waals surface area contributed by atoms with Crippen molar-refractivity contribution in [3.63, 3.8) is 0 Å². The Kier molecular flexibility index (Phi) is 4.52. The number of fused-ring (bicyclic) bond motifs is 1. The van der Waals surface area contributed by atoms with Crippen LogP contribution >= 0.6 is 11.6 Å². The van der Waals surface area contributed by atoms with Gasteiger partial charge in [-0.1, -0.05) is 23.7 Å². The number of nitriles is 1. The van der Waals surface area contributed by atoms with Crippen LogP contribution in [0.15, 0.2) is 41.5 Å². The molecule has 0 saturated heterocycles. The lowest BCUT2D eigenvalue weighted by molar-refractivity contribution is 0.0988. The fourth-order valence-corrected chi connectivity index (χ4v) is 3.92. The summed E-state index contributed by atoms with van der Waals surface area (Å²) in [6.07, 6.45) is 1.92. The van der Waals surface area contributed by atoms with Gasteiger partial charge in [-0.2, -0.15) is 5.26 Å². The third-order valence-electron chi connectivity index (χ3n) is 5.17. The summed E-state index contributed by atoms with van der Waals surface area (Å²) in [6, 6.07) is 10.0. The molecule has 2 N–H and O–H groups in total. The second kappa shape index (κ2) is 6.88. The lowest BCUT2D eigenvalue weighted by Crippen LogP contribution is -2.39. The van der Waals surface area contributed by atoms with Crippen molar-refractivity contribution in [2.75, 3.05) is 6.67 Å². The third kappa shape index (κ3) is 3.10. The van der Waals surface area contributed by atoms with Gasteiger partial charge in [0.05, 0.1) is 5.56 Å². The highest BCUT2D eigenvalue weighted by molar-refractivity contribution is 6.31. The number of Topliss-reactive ketones (excluding diaryl/α,β-unsaturated/α-hetero) is 1. The van der Waals surface area contributed by atoms with Crippen LogP contribution in [0.5, 0.6) is 0 Å². The average Bonchev–Trinajstić information content (AvgIpc) is 3.48. The Hall–Kier alpha value is -2.98. The monoisotopic (exact) mass is 398 g/mol. The van der Waals surface area contributed by atoms with Crippen LogP contribution < -0.4 is 5.73 Å². The van der Waals surface area contributed by atoms with E-state index in [2.05, 4.69) is 9.98 Å². The van der Waals surface area contributed by atoms with Gasteiger partial charge in [-0.15, -0.1) is 0 Å². The molecule has 2 heterocycles. The number of amidine groups is 1. The molecule has 1 fully saturated rings. The minimum Gasteiger partial charge on any atom is -0.462 e. The van der Waals surface area contributed by atoms with Crippen molar-refractivity contribution in [1.29, 1.82) is 5.26 Å². The second-order valence-corrected chi connectivity index (χ2v) is 7.37. The molecule has 0 bridgehead atoms. The number of carbonyl (C=O) groups is 1. The molecule has 0 unspecified atom stereocenters. The first kappa shape index (κ1) is 18.4. The van der Waals surface area contributed by atoms with Gasteiger partial charge in [0.15, 0.2) is 5.78 Å². The molecule has 8 heteroatoms. The highest BCUT2D eigenvalue weighted by Crippen LogP contribution is 2.54. The van der Waals surface area contributed by atoms with Crippen LogP contribution in [0.3, 0.4) is 0 Å². The number of aromatic nitrogens is 1. The van der Waals surface area contributed by atoms with Crippen molar-refractivity contribution in [3.8, 4) is 6.07 Å². The third-order valence-corrected chi connectivity index (χ3v) is 5.50. The summed E-state index contributed by atoms with van der Waals surface area (Å²) in [5, 5.41) is 9.20. The van der Waals surface area contributed by atoms with Gasteiger partial charge in [0.2, 0.25) is 0 Å². The molecule has 0 radical (unpaired) electrons. The van der Waals surface area contributed by atoms with E-state index in [0.29, 0.717) is 28.1 Å². The van der Waals surface area contributed by atoms with Gasteiger partial charge in [0.1, 0.15) is 30.1 Å². The van der Waals surface area contributed by atoms with Crippen LogP contribution in [0.25, 0.3) is 0 Å². The van der Waals surface area contributed by atoms with Crippen LogP contribution in [0.4, 0.5) is 4.39 Å². The average molecular weight is 399 g/mol. The van der Waals surface area contributed by atoms with Crippen LogP contribution in [-0.4, -0.2) is 29.6 Å². The van der Waals surface area contributed by atoms with Crippen molar-refractivity contribution in [3.05, 3.63) is 63.9 Å². The van der Waals surface area contributed by atoms with Crippen LogP contribution in [0.2, 0.25) is 5.02 Å². The zero-order valence-electron chi connectivity index (χ0n) is 14.7. The number of rotatable bonds is 5. The topological polar surface area (TPSA) is 101 Å². The van der Waals surface area contributed by atoms with E-state index >= 15 is 0 Å². The number of ether oxygens (including phenoxy) is 1. The normalized spacial score (nSPS) is 25.1. The van der Waals surface area contributed by atoms with Gasteiger partial charge in [-0.3, -0.25) is 9.78 Å². The molecular formula is C20H16ClFN4O2. The molecule has 1 aromatic carbocycles. The Labute approximate surface area is 165 Å². The molecule has 1 saturated carbocycles. The molecule has 1 aliphatic heterocycles. The number of aliphatic imine (C=N–C) groups is 1. The summed E-state index contributed by atoms with van der Waals surface area (Å²) in [5.41, 5.74) is 6.37. The summed E-state index contributed by atoms with van der Waals surface area (Å²) in [5.74, 6) is -0.347. The lowest BCUT2D eigenvalue weighted by Gasteiger charge is -2.32. The van der Waals surface area contributed by atoms with E-state index in [0.717, 1.165) is 0 Å². The molecule has 4 rings (SSSR count). The fraction of sp³-hybridized carbons (Fsp3) is 0.300. The molecule has 1 aliphatic carbocycles. The molecule has 3 atom stereocenters. The molecule has 0 spiro atoms. The number of alkyl halides is 1. The van der Waals surface area contributed by atoms with Crippen molar-refractivity contribution >= 4 is 23.4 Å². The number of nitrogens with zero attached hydrogens (tertiary/aromatic N) is 3. The first-order valence-electron chi connectivity index (χ1n) is 8.73. The molecule has 2 aliphatic rings. The number of benzene rings is 1. The SMILES string of the molecule is N#Cc1ccc(C(=O)Cc2ccc(Cl)c([C@]3(CF)N=C(N)O[C@H]4C[C@H]43)c2)nc1. The van der Waals surface area contributed by atoms with Crippen LogP contribution in [-0.2, 0) is 16.7 Å². The Balaban J connectivity index is 1.65. The fourth-order valence-electron chi connectivity index (χ4n) is 3.64. The van der Waals surface area contributed by atoms with Crippen molar-refractivity contribution in [2.24, 2.45) is 16.6 Å². The van der Waals surface area contributed by atoms with E-state index in [1.165, 1.54) is 12.3 Å². The Morgan fingerprint density at radius 1 is 1.43 bits per heavy atom. The quantitative estimate of drug-likeness (QED) is 0.780. The van der Waals surface area contributed by atoms with Gasteiger partial charge >= 0.3 is 0 Å². The van der Waals surface area contributed by atoms with Gasteiger partial charge in [-0.25, -0.2) is 9.38 Å². The number of halogens is 2. The maximum absolute atomic E-state index is 14.2. The number of ketones is 1. The maximum Gasteiger partial charge on any atom is 0.283 e. The van der Waals surface area contributed by atoms with E-state index in [4.69, 9.17) is 27.3 Å². The number of hydrogen-bond acceptors (Lipinski definition) is 6. The Morgan fingerprint density at radius 3 is 2.93 bits per heavy atom. The Morgan fingerprint density at radius 2 is 2.25 bits per heavy atom. The molecular weight excluding hydrogens is 383 g/mol. The predicted octanol–water partition coefficient (Wildman–Crippen LogP) is 2.93. The van der Waals surface area contributed by atoms with E-state index in [-0.39, 0.29) is 35.9 Å². The first-order valence-corrected chi connectivity index (χ1v) is 9.11. The second-order valence-electron chi connectivity index (χ2n) is 6.96. The summed E-state index contributed by atoms with van der Waals surface area (Å²) >= 11 is 6.37. The molecule has 28 heavy (non-hydrogen) atoms. The Bertz CT molecular complexity index is 1020. The van der Waals surface area contributed by atoms with E-state index in [9.17, 15) is 9.18 Å². The highest BCUT2D eigenvalue weighted by Gasteiger charge is 2.59. The van der Waals surface area contributed by atoms with Gasteiger partial charge < -0.3 is 10.5 Å². The number of carbonyl (C=O) groups excluding carboxylic acids is 1. The summed E-state index contributed by atoms with van der Waals surface area (Å²) in [4.78, 5) is 20.8. The first-order chi connectivity index (χ1) is 13.5. The van der Waals surface area contributed by atoms with Crippen molar-refractivity contribution < 1.29 is 13.9 Å². The summed E-state index contributed by atoms with van der Waals surface area (Å²) in [6.45, 7) is -0.757. The summed E-state index contributed by atoms with van der Waals surface area (Å²) < 4.78 is 19.6. The van der Waals surface area contributed by atoms with Crippen LogP contribution in [0.1, 0.15) is 33.6 Å². The van der Waals surface area contributed by atoms with Gasteiger partial charge in [-0.05, 0) is 30.2 Å². The van der Waals surface area contributed by atoms with Crippen molar-refractivity contribution in [1.82, 2.24) is 4.98 Å². The van der Waals surface area contributed by atoms with Crippen LogP contribution in [0, 0.1) is 17.2 Å². The molecule has 1 aromatic heterocycles. The van der Waals surface area contributed by atoms with E-state index < -0.39 is 12.2 Å². The molecule has 0 amide bonds. The zero-order valence-corrected chi connectivity index (χ0v) is 15.5. The molecule has 2 aromatic rings. The highest BCUT2D eigenvalue weighted by atomic mass is 35.5.